The van der Waals surface area contributed by atoms with Crippen LogP contribution in [0.2, 0.25) is 0 Å². The van der Waals surface area contributed by atoms with Crippen LogP contribution in [0.25, 0.3) is 0 Å². The second kappa shape index (κ2) is 8.38. The Balaban J connectivity index is 1.79. The van der Waals surface area contributed by atoms with E-state index in [1.807, 2.05) is 0 Å². The number of rotatable bonds is 6. The minimum absolute atomic E-state index is 0.159. The van der Waals surface area contributed by atoms with E-state index in [0.29, 0.717) is 11.1 Å². The highest BCUT2D eigenvalue weighted by Gasteiger charge is 2.49. The summed E-state index contributed by atoms with van der Waals surface area (Å²) in [6.45, 7) is 4.38. The molecule has 2 heterocycles. The van der Waals surface area contributed by atoms with Gasteiger partial charge in [-0.15, -0.1) is 11.3 Å². The number of nitro groups is 1. The summed E-state index contributed by atoms with van der Waals surface area (Å²) in [6, 6.07) is 4.42. The van der Waals surface area contributed by atoms with Crippen LogP contribution in [0.3, 0.4) is 0 Å². The molecule has 4 amide bonds. The normalized spacial score (nSPS) is 17.8. The Morgan fingerprint density at radius 1 is 1.25 bits per heavy atom. The lowest BCUT2D eigenvalue weighted by Crippen LogP contribution is -2.42. The van der Waals surface area contributed by atoms with E-state index in [2.05, 4.69) is 10.6 Å². The predicted molar refractivity (Wildman–Crippen MR) is 114 cm³/mol. The summed E-state index contributed by atoms with van der Waals surface area (Å²) in [6.07, 6.45) is 0. The average Bonchev–Trinajstić information content (AvgIpc) is 3.14. The van der Waals surface area contributed by atoms with Gasteiger partial charge in [-0.1, -0.05) is 0 Å². The van der Waals surface area contributed by atoms with Crippen molar-refractivity contribution in [2.24, 2.45) is 0 Å². The molecule has 1 aliphatic rings. The summed E-state index contributed by atoms with van der Waals surface area (Å²) >= 11 is 1.18. The minimum atomic E-state index is -1.49. The molecular formula is C20H20N4O7S. The molecule has 0 spiro atoms. The van der Waals surface area contributed by atoms with E-state index >= 15 is 0 Å². The van der Waals surface area contributed by atoms with Gasteiger partial charge < -0.3 is 15.4 Å². The molecule has 12 heteroatoms. The number of aryl methyl sites for hydroxylation is 1. The van der Waals surface area contributed by atoms with E-state index in [4.69, 9.17) is 4.74 Å². The zero-order chi connectivity index (χ0) is 23.8. The SMILES string of the molecule is COC(=O)c1c(NC(=O)CN2C(=O)NC(C)(c3ccc([N+](=O)[O-])cc3)C2=O)sc(C)c1C. The number of hydrogen-bond acceptors (Lipinski definition) is 8. The van der Waals surface area contributed by atoms with Crippen molar-refractivity contribution in [1.82, 2.24) is 10.2 Å². The van der Waals surface area contributed by atoms with E-state index < -0.39 is 40.8 Å². The number of imide groups is 1. The summed E-state index contributed by atoms with van der Waals surface area (Å²) in [4.78, 5) is 61.9. The van der Waals surface area contributed by atoms with E-state index in [9.17, 15) is 29.3 Å². The van der Waals surface area contributed by atoms with Crippen molar-refractivity contribution >= 4 is 45.8 Å². The highest BCUT2D eigenvalue weighted by atomic mass is 32.1. The van der Waals surface area contributed by atoms with Gasteiger partial charge in [0.2, 0.25) is 5.91 Å². The molecule has 1 aliphatic heterocycles. The number of urea groups is 1. The van der Waals surface area contributed by atoms with Gasteiger partial charge in [0.25, 0.3) is 11.6 Å². The van der Waals surface area contributed by atoms with Crippen molar-refractivity contribution in [3.05, 3.63) is 55.9 Å². The van der Waals surface area contributed by atoms with Crippen LogP contribution in [0.1, 0.15) is 33.3 Å². The smallest absolute Gasteiger partial charge is 0.341 e. The molecule has 3 rings (SSSR count). The second-order valence-electron chi connectivity index (χ2n) is 7.28. The van der Waals surface area contributed by atoms with Crippen molar-refractivity contribution < 1.29 is 28.8 Å². The molecule has 32 heavy (non-hydrogen) atoms. The first-order valence-corrected chi connectivity index (χ1v) is 10.2. The van der Waals surface area contributed by atoms with Crippen LogP contribution in [-0.2, 0) is 19.9 Å². The maximum absolute atomic E-state index is 13.0. The number of anilines is 1. The van der Waals surface area contributed by atoms with Crippen LogP contribution in [0, 0.1) is 24.0 Å². The molecule has 168 valence electrons. The fourth-order valence-corrected chi connectivity index (χ4v) is 4.39. The van der Waals surface area contributed by atoms with Crippen molar-refractivity contribution in [3.63, 3.8) is 0 Å². The minimum Gasteiger partial charge on any atom is -0.465 e. The Morgan fingerprint density at radius 3 is 2.44 bits per heavy atom. The number of nitrogens with one attached hydrogen (secondary N) is 2. The largest absolute Gasteiger partial charge is 0.465 e. The third kappa shape index (κ3) is 3.91. The highest BCUT2D eigenvalue weighted by molar-refractivity contribution is 7.16. The van der Waals surface area contributed by atoms with Crippen LogP contribution in [0.4, 0.5) is 15.5 Å². The number of non-ortho nitro benzene ring substituents is 1. The third-order valence-corrected chi connectivity index (χ3v) is 6.38. The number of amides is 4. The number of nitro benzene ring substituents is 1. The molecule has 2 N–H and O–H groups in total. The molecule has 0 radical (unpaired) electrons. The number of hydrogen-bond donors (Lipinski definition) is 2. The number of nitrogens with zero attached hydrogens (tertiary/aromatic N) is 2. The summed E-state index contributed by atoms with van der Waals surface area (Å²) in [5, 5.41) is 16.2. The zero-order valence-corrected chi connectivity index (χ0v) is 18.5. The number of carbonyl (C=O) groups is 4. The van der Waals surface area contributed by atoms with Crippen LogP contribution in [-0.4, -0.2) is 47.3 Å². The van der Waals surface area contributed by atoms with Crippen LogP contribution in [0.5, 0.6) is 0 Å². The fraction of sp³-hybridized carbons (Fsp3) is 0.300. The first-order chi connectivity index (χ1) is 15.0. The molecule has 1 unspecified atom stereocenters. The quantitative estimate of drug-likeness (QED) is 0.291. The van der Waals surface area contributed by atoms with Crippen molar-refractivity contribution in [2.45, 2.75) is 26.3 Å². The maximum atomic E-state index is 13.0. The standard InChI is InChI=1S/C20H20N4O7S/c1-10-11(2)32-16(15(10)17(26)31-4)21-14(25)9-23-18(27)20(3,22-19(23)28)12-5-7-13(8-6-12)24(29)30/h5-8H,9H2,1-4H3,(H,21,25)(H,22,28). The lowest BCUT2D eigenvalue weighted by Gasteiger charge is -2.22. The van der Waals surface area contributed by atoms with Crippen LogP contribution >= 0.6 is 11.3 Å². The van der Waals surface area contributed by atoms with E-state index in [-0.39, 0.29) is 16.3 Å². The summed E-state index contributed by atoms with van der Waals surface area (Å²) in [5.74, 6) is -1.96. The molecule has 0 saturated carbocycles. The first kappa shape index (κ1) is 22.9. The Morgan fingerprint density at radius 2 is 1.88 bits per heavy atom. The number of benzene rings is 1. The van der Waals surface area contributed by atoms with Gasteiger partial charge in [0.15, 0.2) is 0 Å². The Hall–Kier alpha value is -3.80. The maximum Gasteiger partial charge on any atom is 0.341 e. The Labute approximate surface area is 186 Å². The second-order valence-corrected chi connectivity index (χ2v) is 8.50. The number of thiophene rings is 1. The fourth-order valence-electron chi connectivity index (χ4n) is 3.33. The molecule has 1 atom stereocenters. The molecule has 2 aromatic rings. The van der Waals surface area contributed by atoms with Crippen molar-refractivity contribution in [3.8, 4) is 0 Å². The van der Waals surface area contributed by atoms with Gasteiger partial charge in [0.1, 0.15) is 17.1 Å². The Bertz CT molecular complexity index is 1140. The van der Waals surface area contributed by atoms with Gasteiger partial charge >= 0.3 is 12.0 Å². The van der Waals surface area contributed by atoms with Crippen molar-refractivity contribution in [1.29, 1.82) is 0 Å². The van der Waals surface area contributed by atoms with Gasteiger partial charge in [-0.05, 0) is 44.0 Å². The molecule has 1 saturated heterocycles. The van der Waals surface area contributed by atoms with Gasteiger partial charge in [-0.2, -0.15) is 0 Å². The molecule has 1 aromatic heterocycles. The number of ether oxygens (including phenoxy) is 1. The van der Waals surface area contributed by atoms with Gasteiger partial charge in [-0.25, -0.2) is 9.59 Å². The molecular weight excluding hydrogens is 440 g/mol. The molecule has 1 aromatic carbocycles. The predicted octanol–water partition coefficient (Wildman–Crippen LogP) is 2.47. The topological polar surface area (TPSA) is 148 Å². The lowest BCUT2D eigenvalue weighted by atomic mass is 9.92. The van der Waals surface area contributed by atoms with Gasteiger partial charge in [0, 0.05) is 17.0 Å². The van der Waals surface area contributed by atoms with Crippen LogP contribution in [0.15, 0.2) is 24.3 Å². The monoisotopic (exact) mass is 460 g/mol. The van der Waals surface area contributed by atoms with E-state index in [1.54, 1.807) is 13.8 Å². The van der Waals surface area contributed by atoms with Crippen LogP contribution < -0.4 is 10.6 Å². The highest BCUT2D eigenvalue weighted by Crippen LogP contribution is 2.33. The van der Waals surface area contributed by atoms with E-state index in [1.165, 1.54) is 49.6 Å². The lowest BCUT2D eigenvalue weighted by molar-refractivity contribution is -0.384. The zero-order valence-electron chi connectivity index (χ0n) is 17.7. The number of methoxy groups -OCH3 is 1. The summed E-state index contributed by atoms with van der Waals surface area (Å²) in [7, 11) is 1.23. The molecule has 11 nitrogen and oxygen atoms in total. The summed E-state index contributed by atoms with van der Waals surface area (Å²) in [5.41, 5.74) is -0.427. The molecule has 0 aliphatic carbocycles. The molecule has 0 bridgehead atoms. The van der Waals surface area contributed by atoms with Crippen molar-refractivity contribution in [2.75, 3.05) is 19.0 Å². The van der Waals surface area contributed by atoms with Gasteiger partial charge in [-0.3, -0.25) is 24.6 Å². The van der Waals surface area contributed by atoms with E-state index in [0.717, 1.165) is 9.78 Å². The number of esters is 1. The average molecular weight is 460 g/mol. The first-order valence-electron chi connectivity index (χ1n) is 9.36. The van der Waals surface area contributed by atoms with Gasteiger partial charge in [0.05, 0.1) is 17.6 Å². The Kier molecular flexibility index (Phi) is 5.99. The molecule has 1 fully saturated rings. The summed E-state index contributed by atoms with van der Waals surface area (Å²) < 4.78 is 4.77. The number of carbonyl (C=O) groups excluding carboxylic acids is 4. The third-order valence-electron chi connectivity index (χ3n) is 5.26.